The Morgan fingerprint density at radius 3 is 2.40 bits per heavy atom. The average Bonchev–Trinajstić information content (AvgIpc) is 3.33. The number of thioether (sulfide) groups is 1. The van der Waals surface area contributed by atoms with E-state index >= 15 is 0 Å². The number of carbonyl (C=O) groups excluding carboxylic acids is 1. The predicted molar refractivity (Wildman–Crippen MR) is 134 cm³/mol. The Bertz CT molecular complexity index is 1280. The highest BCUT2D eigenvalue weighted by Gasteiger charge is 2.29. The Morgan fingerprint density at radius 2 is 1.74 bits per heavy atom. The highest BCUT2D eigenvalue weighted by molar-refractivity contribution is 8.01. The van der Waals surface area contributed by atoms with Crippen LogP contribution in [0, 0.1) is 0 Å². The minimum Gasteiger partial charge on any atom is -0.507 e. The van der Waals surface area contributed by atoms with Crippen LogP contribution in [-0.2, 0) is 6.61 Å². The molecule has 0 bridgehead atoms. The molecule has 0 radical (unpaired) electrons. The number of phenolic OH excluding ortho intramolecular Hbond substituents is 1. The van der Waals surface area contributed by atoms with Crippen LogP contribution in [-0.4, -0.2) is 16.5 Å². The second kappa shape index (κ2) is 11.1. The summed E-state index contributed by atoms with van der Waals surface area (Å²) in [5.74, 6) is 0.346. The maximum absolute atomic E-state index is 12.6. The predicted octanol–water partition coefficient (Wildman–Crippen LogP) is 8.05. The summed E-state index contributed by atoms with van der Waals surface area (Å²) in [4.78, 5) is 13.4. The third kappa shape index (κ3) is 7.45. The number of ether oxygens (including phenoxy) is 1. The summed E-state index contributed by atoms with van der Waals surface area (Å²) in [5.41, 5.74) is -2.62. The number of hydrogen-bond donors (Lipinski definition) is 2. The lowest BCUT2D eigenvalue weighted by Gasteiger charge is -2.10. The molecule has 2 N–H and O–H groups in total. The summed E-state index contributed by atoms with van der Waals surface area (Å²) in [6.45, 7) is 0.181. The largest absolute Gasteiger partial charge is 0.507 e. The normalized spacial score (nSPS) is 11.3. The molecular formula is C25H18F3NO3S3. The molecule has 180 valence electrons. The molecule has 4 nitrogen and oxygen atoms in total. The van der Waals surface area contributed by atoms with Crippen LogP contribution in [0.15, 0.2) is 98.2 Å². The zero-order valence-electron chi connectivity index (χ0n) is 17.9. The fraction of sp³-hybridized carbons (Fsp3) is 0.0800. The molecule has 0 spiro atoms. The Balaban J connectivity index is 1.33. The summed E-state index contributed by atoms with van der Waals surface area (Å²) in [6, 6.07) is 21.3. The van der Waals surface area contributed by atoms with Gasteiger partial charge in [-0.3, -0.25) is 4.79 Å². The summed E-state index contributed by atoms with van der Waals surface area (Å²) in [7, 11) is 0. The van der Waals surface area contributed by atoms with Gasteiger partial charge in [-0.15, -0.1) is 11.3 Å². The zero-order valence-corrected chi connectivity index (χ0v) is 20.4. The second-order valence-electron chi connectivity index (χ2n) is 7.18. The maximum Gasteiger partial charge on any atom is 0.446 e. The zero-order chi connectivity index (χ0) is 24.8. The van der Waals surface area contributed by atoms with Gasteiger partial charge in [-0.1, -0.05) is 30.0 Å². The molecule has 0 unspecified atom stereocenters. The van der Waals surface area contributed by atoms with Crippen molar-refractivity contribution in [2.45, 2.75) is 26.1 Å². The summed E-state index contributed by atoms with van der Waals surface area (Å²) >= 11 is 2.81. The van der Waals surface area contributed by atoms with Gasteiger partial charge in [-0.2, -0.15) is 13.2 Å². The fourth-order valence-corrected chi connectivity index (χ4v) is 5.30. The molecule has 4 aromatic rings. The molecule has 0 saturated carbocycles. The number of alkyl halides is 3. The summed E-state index contributed by atoms with van der Waals surface area (Å²) in [6.07, 6.45) is 0. The third-order valence-corrected chi connectivity index (χ3v) is 7.43. The van der Waals surface area contributed by atoms with Gasteiger partial charge < -0.3 is 15.2 Å². The lowest BCUT2D eigenvalue weighted by molar-refractivity contribution is -0.0328. The van der Waals surface area contributed by atoms with Gasteiger partial charge in [-0.25, -0.2) is 0 Å². The number of nitrogens with one attached hydrogen (secondary N) is 1. The number of hydrogen-bond acceptors (Lipinski definition) is 6. The lowest BCUT2D eigenvalue weighted by atomic mass is 10.2. The fourth-order valence-electron chi connectivity index (χ4n) is 2.96. The van der Waals surface area contributed by atoms with Crippen LogP contribution in [0.5, 0.6) is 11.5 Å². The van der Waals surface area contributed by atoms with Crippen LogP contribution in [0.3, 0.4) is 0 Å². The second-order valence-corrected chi connectivity index (χ2v) is 10.6. The third-order valence-electron chi connectivity index (χ3n) is 4.60. The number of rotatable bonds is 8. The van der Waals surface area contributed by atoms with E-state index in [1.54, 1.807) is 59.9 Å². The van der Waals surface area contributed by atoms with Gasteiger partial charge in [0.15, 0.2) is 0 Å². The van der Waals surface area contributed by atoms with Gasteiger partial charge >= 0.3 is 5.51 Å². The molecule has 4 rings (SSSR count). The van der Waals surface area contributed by atoms with E-state index in [2.05, 4.69) is 5.32 Å². The quantitative estimate of drug-likeness (QED) is 0.177. The molecule has 0 atom stereocenters. The van der Waals surface area contributed by atoms with Crippen molar-refractivity contribution in [1.29, 1.82) is 0 Å². The van der Waals surface area contributed by atoms with Crippen LogP contribution in [0.1, 0.15) is 15.9 Å². The first-order valence-electron chi connectivity index (χ1n) is 10.2. The van der Waals surface area contributed by atoms with Crippen molar-refractivity contribution in [1.82, 2.24) is 0 Å². The van der Waals surface area contributed by atoms with E-state index < -0.39 is 5.51 Å². The highest BCUT2D eigenvalue weighted by Crippen LogP contribution is 2.38. The SMILES string of the molecule is O=C(Nc1ccc(O)c(Sc2cccs2)c1)c1ccc(OCc2ccc(SC(F)(F)F)cc2)cc1. The van der Waals surface area contributed by atoms with Gasteiger partial charge in [0.25, 0.3) is 5.91 Å². The lowest BCUT2D eigenvalue weighted by Crippen LogP contribution is -2.11. The van der Waals surface area contributed by atoms with Gasteiger partial charge in [0, 0.05) is 16.1 Å². The summed E-state index contributed by atoms with van der Waals surface area (Å²) in [5, 5.41) is 14.9. The van der Waals surface area contributed by atoms with Crippen molar-refractivity contribution in [2.75, 3.05) is 5.32 Å². The molecule has 1 heterocycles. The molecule has 0 fully saturated rings. The maximum atomic E-state index is 12.6. The molecule has 0 aliphatic heterocycles. The van der Waals surface area contributed by atoms with E-state index in [9.17, 15) is 23.1 Å². The highest BCUT2D eigenvalue weighted by atomic mass is 32.2. The Morgan fingerprint density at radius 1 is 1.00 bits per heavy atom. The van der Waals surface area contributed by atoms with Gasteiger partial charge in [0.05, 0.1) is 9.10 Å². The van der Waals surface area contributed by atoms with E-state index in [0.717, 1.165) is 9.77 Å². The molecular weight excluding hydrogens is 515 g/mol. The number of thiophene rings is 1. The molecule has 1 aromatic heterocycles. The molecule has 3 aromatic carbocycles. The number of benzene rings is 3. The minimum absolute atomic E-state index is 0.113. The molecule has 0 aliphatic carbocycles. The first-order chi connectivity index (χ1) is 16.7. The smallest absolute Gasteiger partial charge is 0.446 e. The number of halogens is 3. The van der Waals surface area contributed by atoms with Crippen molar-refractivity contribution < 1.29 is 27.8 Å². The van der Waals surface area contributed by atoms with Gasteiger partial charge in [-0.05, 0) is 83.4 Å². The average molecular weight is 534 g/mol. The van der Waals surface area contributed by atoms with Crippen molar-refractivity contribution in [2.24, 2.45) is 0 Å². The first kappa shape index (κ1) is 25.0. The Labute approximate surface area is 212 Å². The van der Waals surface area contributed by atoms with E-state index in [0.29, 0.717) is 21.9 Å². The van der Waals surface area contributed by atoms with Crippen LogP contribution >= 0.6 is 34.9 Å². The van der Waals surface area contributed by atoms with Crippen molar-refractivity contribution in [3.05, 3.63) is 95.4 Å². The number of amides is 1. The van der Waals surface area contributed by atoms with E-state index in [-0.39, 0.29) is 34.9 Å². The molecule has 0 aliphatic rings. The molecule has 1 amide bonds. The van der Waals surface area contributed by atoms with Crippen molar-refractivity contribution in [3.63, 3.8) is 0 Å². The molecule has 35 heavy (non-hydrogen) atoms. The molecule has 10 heteroatoms. The Hall–Kier alpha value is -3.08. The van der Waals surface area contributed by atoms with E-state index in [1.807, 2.05) is 17.5 Å². The topological polar surface area (TPSA) is 58.6 Å². The Kier molecular flexibility index (Phi) is 7.94. The summed E-state index contributed by atoms with van der Waals surface area (Å²) < 4.78 is 44.0. The number of phenols is 1. The van der Waals surface area contributed by atoms with Crippen molar-refractivity contribution >= 4 is 46.5 Å². The number of aromatic hydroxyl groups is 1. The first-order valence-corrected chi connectivity index (χ1v) is 12.7. The van der Waals surface area contributed by atoms with Crippen molar-refractivity contribution in [3.8, 4) is 11.5 Å². The van der Waals surface area contributed by atoms with E-state index in [1.165, 1.54) is 30.0 Å². The van der Waals surface area contributed by atoms with Gasteiger partial charge in [0.1, 0.15) is 18.1 Å². The van der Waals surface area contributed by atoms with Crippen LogP contribution in [0.2, 0.25) is 0 Å². The van der Waals surface area contributed by atoms with Crippen LogP contribution < -0.4 is 10.1 Å². The van der Waals surface area contributed by atoms with E-state index in [4.69, 9.17) is 4.74 Å². The number of anilines is 1. The van der Waals surface area contributed by atoms with Gasteiger partial charge in [0.2, 0.25) is 0 Å². The van der Waals surface area contributed by atoms with Crippen LogP contribution in [0.4, 0.5) is 18.9 Å². The standard InChI is InChI=1S/C25H18F3NO3S3/c26-25(27,28)35-20-10-3-16(4-11-20)15-32-19-8-5-17(6-9-19)24(31)29-18-7-12-21(30)22(14-18)34-23-2-1-13-33-23/h1-14,30H,15H2,(H,29,31). The number of carbonyl (C=O) groups is 1. The van der Waals surface area contributed by atoms with Crippen LogP contribution in [0.25, 0.3) is 0 Å². The molecule has 0 saturated heterocycles. The monoisotopic (exact) mass is 533 g/mol. The minimum atomic E-state index is -4.32.